The van der Waals surface area contributed by atoms with Crippen LogP contribution in [0.1, 0.15) is 69.9 Å². The number of methoxy groups -OCH3 is 2. The molecule has 3 aliphatic heterocycles. The number of amides is 2. The Morgan fingerprint density at radius 2 is 1.38 bits per heavy atom. The first-order valence-electron chi connectivity index (χ1n) is 19.9. The van der Waals surface area contributed by atoms with Crippen LogP contribution < -0.4 is 4.90 Å². The number of ether oxygens (including phenoxy) is 2. The molecule has 5 rings (SSSR count). The SMILES string of the molecule is COCC[N+]1=C(/C=C/C=C/C=C/C=C2/N(CCCC(=O)ON3C(=O)CCC3=O)c3ccc(S(=O)(=O)O)cc3C2(C)CCOC)C(C)(CCCS(=O)(=O)O)c2cc(S(=O)(=O)O)ccc21. The topological polar surface area (TPSA) is 251 Å². The van der Waals surface area contributed by atoms with E-state index in [4.69, 9.17) is 14.3 Å². The first-order valence-corrected chi connectivity index (χ1v) is 24.4. The first kappa shape index (κ1) is 49.2. The summed E-state index contributed by atoms with van der Waals surface area (Å²) in [6.45, 7) is 4.90. The van der Waals surface area contributed by atoms with E-state index in [1.807, 2.05) is 35.5 Å². The minimum absolute atomic E-state index is 0.0404. The average molecular weight is 935 g/mol. The Labute approximate surface area is 367 Å². The lowest BCUT2D eigenvalue weighted by molar-refractivity contribution is -0.441. The van der Waals surface area contributed by atoms with Gasteiger partial charge in [-0.3, -0.25) is 23.2 Å². The van der Waals surface area contributed by atoms with Crippen molar-refractivity contribution >= 4 is 65.2 Å². The number of hydrogen-bond donors (Lipinski definition) is 3. The van der Waals surface area contributed by atoms with Gasteiger partial charge < -0.3 is 19.2 Å². The van der Waals surface area contributed by atoms with Crippen LogP contribution in [0.3, 0.4) is 0 Å². The van der Waals surface area contributed by atoms with Gasteiger partial charge in [0.2, 0.25) is 5.69 Å². The zero-order valence-electron chi connectivity index (χ0n) is 35.3. The predicted octanol–water partition coefficient (Wildman–Crippen LogP) is 4.61. The molecule has 2 unspecified atom stereocenters. The van der Waals surface area contributed by atoms with Gasteiger partial charge in [-0.15, -0.1) is 5.06 Å². The molecule has 0 radical (unpaired) electrons. The molecule has 0 saturated carbocycles. The van der Waals surface area contributed by atoms with E-state index in [-0.39, 0.29) is 68.1 Å². The Morgan fingerprint density at radius 3 is 2.00 bits per heavy atom. The lowest BCUT2D eigenvalue weighted by Crippen LogP contribution is -2.33. The van der Waals surface area contributed by atoms with Crippen molar-refractivity contribution in [2.45, 2.75) is 79.4 Å². The zero-order chi connectivity index (χ0) is 46.4. The zero-order valence-corrected chi connectivity index (χ0v) is 37.7. The lowest BCUT2D eigenvalue weighted by Gasteiger charge is -2.30. The van der Waals surface area contributed by atoms with Gasteiger partial charge in [-0.25, -0.2) is 4.79 Å². The molecule has 1 fully saturated rings. The largest absolute Gasteiger partial charge is 0.385 e. The van der Waals surface area contributed by atoms with Crippen molar-refractivity contribution < 1.29 is 72.2 Å². The number of hydrogen-bond acceptors (Lipinski definition) is 13. The van der Waals surface area contributed by atoms with Crippen LogP contribution in [0.15, 0.2) is 94.4 Å². The van der Waals surface area contributed by atoms with E-state index in [1.165, 1.54) is 38.5 Å². The molecule has 2 atom stereocenters. The summed E-state index contributed by atoms with van der Waals surface area (Å²) < 4.78 is 114. The molecule has 3 N–H and O–H groups in total. The number of imide groups is 1. The summed E-state index contributed by atoms with van der Waals surface area (Å²) in [5, 5.41) is 0.488. The third-order valence-corrected chi connectivity index (χ3v) is 13.8. The van der Waals surface area contributed by atoms with Crippen molar-refractivity contribution in [2.75, 3.05) is 51.2 Å². The third kappa shape index (κ3) is 11.5. The summed E-state index contributed by atoms with van der Waals surface area (Å²) in [4.78, 5) is 43.0. The second kappa shape index (κ2) is 19.9. The Kier molecular flexibility index (Phi) is 15.5. The molecule has 2 aromatic carbocycles. The first-order chi connectivity index (χ1) is 29.5. The van der Waals surface area contributed by atoms with Gasteiger partial charge in [0.25, 0.3) is 42.2 Å². The molecule has 2 aromatic rings. The van der Waals surface area contributed by atoms with Crippen LogP contribution in [0.4, 0.5) is 11.4 Å². The predicted molar refractivity (Wildman–Crippen MR) is 230 cm³/mol. The molecule has 342 valence electrons. The van der Waals surface area contributed by atoms with E-state index in [9.17, 15) is 53.3 Å². The molecule has 0 bridgehead atoms. The maximum atomic E-state index is 12.7. The fraction of sp³-hybridized carbons (Fsp3) is 0.429. The summed E-state index contributed by atoms with van der Waals surface area (Å²) in [5.41, 5.74) is 2.01. The summed E-state index contributed by atoms with van der Waals surface area (Å²) in [7, 11) is -10.4. The van der Waals surface area contributed by atoms with Gasteiger partial charge in [-0.05, 0) is 81.5 Å². The van der Waals surface area contributed by atoms with Crippen LogP contribution in [0, 0.1) is 0 Å². The van der Waals surface area contributed by atoms with E-state index in [1.54, 1.807) is 42.5 Å². The van der Waals surface area contributed by atoms with E-state index >= 15 is 0 Å². The van der Waals surface area contributed by atoms with E-state index in [2.05, 4.69) is 0 Å². The Hall–Kier alpha value is -4.87. The second-order valence-electron chi connectivity index (χ2n) is 15.6. The normalized spacial score (nSPS) is 21.3. The highest BCUT2D eigenvalue weighted by atomic mass is 32.2. The van der Waals surface area contributed by atoms with Gasteiger partial charge in [0.1, 0.15) is 6.61 Å². The van der Waals surface area contributed by atoms with Crippen LogP contribution >= 0.6 is 0 Å². The monoisotopic (exact) mass is 934 g/mol. The third-order valence-electron chi connectivity index (χ3n) is 11.3. The smallest absolute Gasteiger partial charge is 0.333 e. The van der Waals surface area contributed by atoms with Crippen LogP contribution in [0.25, 0.3) is 0 Å². The molecule has 2 amide bonds. The minimum atomic E-state index is -4.57. The number of anilines is 1. The molecular formula is C42H52N3O15S3+. The molecule has 3 aliphatic rings. The van der Waals surface area contributed by atoms with Gasteiger partial charge in [-0.2, -0.15) is 29.8 Å². The van der Waals surface area contributed by atoms with E-state index in [0.29, 0.717) is 46.2 Å². The fourth-order valence-electron chi connectivity index (χ4n) is 8.16. The number of fused-ring (bicyclic) bond motifs is 2. The fourth-order valence-corrected chi connectivity index (χ4v) is 9.68. The van der Waals surface area contributed by atoms with Gasteiger partial charge in [0.15, 0.2) is 12.3 Å². The molecule has 0 spiro atoms. The van der Waals surface area contributed by atoms with Gasteiger partial charge in [0.05, 0.1) is 21.0 Å². The van der Waals surface area contributed by atoms with Gasteiger partial charge >= 0.3 is 5.97 Å². The molecule has 1 saturated heterocycles. The summed E-state index contributed by atoms with van der Waals surface area (Å²) >= 11 is 0. The number of carbonyl (C=O) groups excluding carboxylic acids is 3. The van der Waals surface area contributed by atoms with Gasteiger partial charge in [-0.1, -0.05) is 30.4 Å². The number of allylic oxidation sites excluding steroid dienone is 8. The molecule has 63 heavy (non-hydrogen) atoms. The van der Waals surface area contributed by atoms with Crippen molar-refractivity contribution in [1.82, 2.24) is 5.06 Å². The lowest BCUT2D eigenvalue weighted by atomic mass is 9.76. The second-order valence-corrected chi connectivity index (χ2v) is 20.0. The Bertz CT molecular complexity index is 2600. The van der Waals surface area contributed by atoms with Gasteiger partial charge in [0, 0.05) is 81.1 Å². The average Bonchev–Trinajstić information content (AvgIpc) is 3.73. The maximum Gasteiger partial charge on any atom is 0.333 e. The molecule has 0 aromatic heterocycles. The highest BCUT2D eigenvalue weighted by Crippen LogP contribution is 2.51. The van der Waals surface area contributed by atoms with Crippen molar-refractivity contribution in [3.05, 3.63) is 95.8 Å². The number of carbonyl (C=O) groups is 3. The summed E-state index contributed by atoms with van der Waals surface area (Å²) in [6.07, 6.45) is 13.0. The Balaban J connectivity index is 1.45. The van der Waals surface area contributed by atoms with Crippen LogP contribution in [-0.2, 0) is 69.9 Å². The van der Waals surface area contributed by atoms with Crippen LogP contribution in [0.5, 0.6) is 0 Å². The van der Waals surface area contributed by atoms with Crippen LogP contribution in [-0.4, -0.2) is 118 Å². The van der Waals surface area contributed by atoms with Crippen LogP contribution in [0.2, 0.25) is 0 Å². The van der Waals surface area contributed by atoms with E-state index < -0.39 is 64.7 Å². The van der Waals surface area contributed by atoms with E-state index in [0.717, 1.165) is 5.70 Å². The minimum Gasteiger partial charge on any atom is -0.385 e. The maximum absolute atomic E-state index is 12.7. The Morgan fingerprint density at radius 1 is 0.778 bits per heavy atom. The molecular weight excluding hydrogens is 883 g/mol. The molecule has 21 heteroatoms. The van der Waals surface area contributed by atoms with Crippen molar-refractivity contribution in [3.63, 3.8) is 0 Å². The molecule has 18 nitrogen and oxygen atoms in total. The van der Waals surface area contributed by atoms with Crippen molar-refractivity contribution in [2.24, 2.45) is 0 Å². The summed E-state index contributed by atoms with van der Waals surface area (Å²) in [6, 6.07) is 8.50. The number of rotatable bonds is 21. The highest BCUT2D eigenvalue weighted by molar-refractivity contribution is 7.86. The quantitative estimate of drug-likeness (QED) is 0.0669. The molecule has 3 heterocycles. The number of benzene rings is 2. The van der Waals surface area contributed by atoms with Crippen molar-refractivity contribution in [3.8, 4) is 0 Å². The number of nitrogens with zero attached hydrogens (tertiary/aromatic N) is 3. The standard InChI is InChI=1S/C42H51N3O15S3/c1-41(21-11-27-61(49,50)51)32-28-30(62(52,53)54)16-18-35(32)44(24-26-59-4)36(41)12-8-6-5-7-9-13-37-42(2,22-25-58-3)33-29-31(63(55,56)57)15-17-34(33)43(37)23-10-14-40(48)60-45-38(46)19-20-39(45)47/h5-9,12-13,15-18,28-29H,10-11,14,19-27H2,1-4H3,(H2-,49,50,51,52,53,54,55,56,57)/p+1. The van der Waals surface area contributed by atoms with Crippen molar-refractivity contribution in [1.29, 1.82) is 0 Å². The number of hydroxylamine groups is 2. The molecule has 0 aliphatic carbocycles. The summed E-state index contributed by atoms with van der Waals surface area (Å²) in [5.74, 6) is -2.48. The highest BCUT2D eigenvalue weighted by Gasteiger charge is 2.48.